The van der Waals surface area contributed by atoms with Crippen LogP contribution in [0.25, 0.3) is 0 Å². The molecule has 1 aromatic carbocycles. The average Bonchev–Trinajstić information content (AvgIpc) is 2.46. The smallest absolute Gasteiger partial charge is 0.340 e. The molecule has 0 aliphatic rings. The third-order valence-electron chi connectivity index (χ3n) is 2.65. The van der Waals surface area contributed by atoms with Crippen LogP contribution in [0, 0.1) is 6.92 Å². The van der Waals surface area contributed by atoms with E-state index in [-0.39, 0.29) is 12.4 Å². The summed E-state index contributed by atoms with van der Waals surface area (Å²) < 4.78 is 5.86. The summed E-state index contributed by atoms with van der Waals surface area (Å²) in [6, 6.07) is 10.2. The second kappa shape index (κ2) is 6.43. The molecule has 0 spiro atoms. The summed E-state index contributed by atoms with van der Waals surface area (Å²) in [6.07, 6.45) is 1.43. The van der Waals surface area contributed by atoms with E-state index in [9.17, 15) is 9.59 Å². The van der Waals surface area contributed by atoms with Gasteiger partial charge in [0.25, 0.3) is 0 Å². The third-order valence-corrected chi connectivity index (χ3v) is 3.18. The molecule has 0 aliphatic carbocycles. The number of carbonyl (C=O) groups is 2. The van der Waals surface area contributed by atoms with Gasteiger partial charge in [-0.15, -0.1) is 0 Å². The molecule has 0 radical (unpaired) electrons. The number of hydrogen-bond donors (Lipinski definition) is 0. The van der Waals surface area contributed by atoms with Gasteiger partial charge >= 0.3 is 5.97 Å². The van der Waals surface area contributed by atoms with Crippen molar-refractivity contribution in [3.63, 3.8) is 0 Å². The van der Waals surface area contributed by atoms with Crippen LogP contribution in [0.15, 0.2) is 47.1 Å². The Labute approximate surface area is 124 Å². The van der Waals surface area contributed by atoms with Crippen LogP contribution in [0.4, 0.5) is 0 Å². The Bertz CT molecular complexity index is 563. The second-order valence-electron chi connectivity index (χ2n) is 4.19. The summed E-state index contributed by atoms with van der Waals surface area (Å²) in [5.41, 5.74) is 1.65. The van der Waals surface area contributed by atoms with E-state index in [4.69, 9.17) is 4.74 Å². The summed E-state index contributed by atoms with van der Waals surface area (Å²) in [6.45, 7) is 1.54. The van der Waals surface area contributed by atoms with Crippen molar-refractivity contribution in [1.82, 2.24) is 4.98 Å². The highest BCUT2D eigenvalue weighted by molar-refractivity contribution is 9.10. The molecule has 0 saturated carbocycles. The summed E-state index contributed by atoms with van der Waals surface area (Å²) >= 11 is 3.29. The quantitative estimate of drug-likeness (QED) is 0.636. The molecule has 0 saturated heterocycles. The summed E-state index contributed by atoms with van der Waals surface area (Å²) in [7, 11) is 0. The molecule has 2 aromatic rings. The minimum Gasteiger partial charge on any atom is -0.454 e. The normalized spacial score (nSPS) is 10.1. The molecule has 0 bridgehead atoms. The number of halogens is 1. The first-order chi connectivity index (χ1) is 9.56. The van der Waals surface area contributed by atoms with Crippen molar-refractivity contribution in [1.29, 1.82) is 0 Å². The number of carbonyl (C=O) groups excluding carboxylic acids is 2. The van der Waals surface area contributed by atoms with Gasteiger partial charge in [0.1, 0.15) is 0 Å². The number of Topliss-reactive ketones (excluding diaryl/α,β-unsaturated/α-hetero) is 1. The molecule has 0 aliphatic heterocycles. The van der Waals surface area contributed by atoms with Gasteiger partial charge in [-0.1, -0.05) is 28.1 Å². The molecule has 1 heterocycles. The van der Waals surface area contributed by atoms with E-state index >= 15 is 0 Å². The molecule has 1 aromatic heterocycles. The molecule has 5 heteroatoms. The van der Waals surface area contributed by atoms with Crippen molar-refractivity contribution >= 4 is 27.7 Å². The minimum atomic E-state index is -0.553. The van der Waals surface area contributed by atoms with Gasteiger partial charge in [-0.2, -0.15) is 0 Å². The summed E-state index contributed by atoms with van der Waals surface area (Å²) in [4.78, 5) is 27.6. The summed E-state index contributed by atoms with van der Waals surface area (Å²) in [5.74, 6) is -0.797. The van der Waals surface area contributed by atoms with Gasteiger partial charge in [0.2, 0.25) is 0 Å². The van der Waals surface area contributed by atoms with E-state index in [0.717, 1.165) is 10.2 Å². The molecule has 0 N–H and O–H groups in total. The predicted octanol–water partition coefficient (Wildman–Crippen LogP) is 3.19. The largest absolute Gasteiger partial charge is 0.454 e. The lowest BCUT2D eigenvalue weighted by atomic mass is 10.1. The number of nitrogens with zero attached hydrogens (tertiary/aromatic N) is 1. The van der Waals surface area contributed by atoms with Crippen molar-refractivity contribution in [2.45, 2.75) is 6.92 Å². The number of esters is 1. The van der Waals surface area contributed by atoms with Gasteiger partial charge < -0.3 is 4.74 Å². The lowest BCUT2D eigenvalue weighted by Crippen LogP contribution is -2.14. The highest BCUT2D eigenvalue weighted by Crippen LogP contribution is 2.11. The maximum atomic E-state index is 11.8. The number of hydrogen-bond acceptors (Lipinski definition) is 4. The average molecular weight is 334 g/mol. The van der Waals surface area contributed by atoms with Crippen molar-refractivity contribution in [3.8, 4) is 0 Å². The first-order valence-corrected chi connectivity index (χ1v) is 6.74. The molecule has 0 fully saturated rings. The molecule has 0 amide bonds. The van der Waals surface area contributed by atoms with E-state index < -0.39 is 5.97 Å². The minimum absolute atomic E-state index is 0.245. The van der Waals surface area contributed by atoms with Crippen LogP contribution in [0.1, 0.15) is 26.4 Å². The molecule has 2 rings (SSSR count). The first kappa shape index (κ1) is 14.4. The molecule has 4 nitrogen and oxygen atoms in total. The number of rotatable bonds is 4. The van der Waals surface area contributed by atoms with Crippen LogP contribution in [0.3, 0.4) is 0 Å². The zero-order valence-corrected chi connectivity index (χ0v) is 12.4. The van der Waals surface area contributed by atoms with Gasteiger partial charge in [-0.05, 0) is 31.2 Å². The number of benzene rings is 1. The lowest BCUT2D eigenvalue weighted by Gasteiger charge is -2.04. The molecule has 102 valence electrons. The standard InChI is InChI=1S/C15H12BrNO3/c1-10-2-3-12(8-17-10)15(19)20-9-14(18)11-4-6-13(16)7-5-11/h2-8H,9H2,1H3. The van der Waals surface area contributed by atoms with Crippen molar-refractivity contribution in [2.24, 2.45) is 0 Å². The molecular weight excluding hydrogens is 322 g/mol. The van der Waals surface area contributed by atoms with Gasteiger partial charge in [0.15, 0.2) is 12.4 Å². The fraction of sp³-hybridized carbons (Fsp3) is 0.133. The number of ether oxygens (including phenoxy) is 1. The zero-order valence-electron chi connectivity index (χ0n) is 10.8. The molecule has 0 atom stereocenters. The van der Waals surface area contributed by atoms with Crippen molar-refractivity contribution < 1.29 is 14.3 Å². The van der Waals surface area contributed by atoms with Gasteiger partial charge in [-0.3, -0.25) is 9.78 Å². The Morgan fingerprint density at radius 1 is 1.10 bits per heavy atom. The number of pyridine rings is 1. The topological polar surface area (TPSA) is 56.3 Å². The van der Waals surface area contributed by atoms with Crippen LogP contribution >= 0.6 is 15.9 Å². The monoisotopic (exact) mass is 333 g/mol. The lowest BCUT2D eigenvalue weighted by molar-refractivity contribution is 0.0474. The van der Waals surface area contributed by atoms with Gasteiger partial charge in [-0.25, -0.2) is 4.79 Å². The van der Waals surface area contributed by atoms with Crippen molar-refractivity contribution in [2.75, 3.05) is 6.61 Å². The Morgan fingerprint density at radius 2 is 1.75 bits per heavy atom. The Kier molecular flexibility index (Phi) is 4.63. The fourth-order valence-corrected chi connectivity index (χ4v) is 1.79. The third kappa shape index (κ3) is 3.74. The molecular formula is C15H12BrNO3. The number of aryl methyl sites for hydroxylation is 1. The number of ketones is 1. The summed E-state index contributed by atoms with van der Waals surface area (Å²) in [5, 5.41) is 0. The predicted molar refractivity (Wildman–Crippen MR) is 77.7 cm³/mol. The highest BCUT2D eigenvalue weighted by Gasteiger charge is 2.11. The molecule has 20 heavy (non-hydrogen) atoms. The van der Waals surface area contributed by atoms with Crippen LogP contribution < -0.4 is 0 Å². The van der Waals surface area contributed by atoms with Gasteiger partial charge in [0.05, 0.1) is 5.56 Å². The van der Waals surface area contributed by atoms with Gasteiger partial charge in [0, 0.05) is 21.9 Å². The van der Waals surface area contributed by atoms with E-state index in [1.165, 1.54) is 6.20 Å². The van der Waals surface area contributed by atoms with E-state index in [0.29, 0.717) is 11.1 Å². The Morgan fingerprint density at radius 3 is 2.35 bits per heavy atom. The molecule has 0 unspecified atom stereocenters. The van der Waals surface area contributed by atoms with E-state index in [1.54, 1.807) is 36.4 Å². The van der Waals surface area contributed by atoms with Crippen molar-refractivity contribution in [3.05, 3.63) is 63.9 Å². The number of aromatic nitrogens is 1. The van der Waals surface area contributed by atoms with E-state index in [1.807, 2.05) is 6.92 Å². The fourth-order valence-electron chi connectivity index (χ4n) is 1.52. The maximum Gasteiger partial charge on any atom is 0.340 e. The zero-order chi connectivity index (χ0) is 14.5. The second-order valence-corrected chi connectivity index (χ2v) is 5.11. The van der Waals surface area contributed by atoms with Crippen LogP contribution in [-0.2, 0) is 4.74 Å². The Hall–Kier alpha value is -2.01. The first-order valence-electron chi connectivity index (χ1n) is 5.95. The Balaban J connectivity index is 1.94. The van der Waals surface area contributed by atoms with E-state index in [2.05, 4.69) is 20.9 Å². The SMILES string of the molecule is Cc1ccc(C(=O)OCC(=O)c2ccc(Br)cc2)cn1. The highest BCUT2D eigenvalue weighted by atomic mass is 79.9. The van der Waals surface area contributed by atoms with Crippen LogP contribution in [0.2, 0.25) is 0 Å². The maximum absolute atomic E-state index is 11.8. The van der Waals surface area contributed by atoms with Crippen LogP contribution in [-0.4, -0.2) is 23.3 Å². The van der Waals surface area contributed by atoms with Crippen LogP contribution in [0.5, 0.6) is 0 Å².